The first-order valence-corrected chi connectivity index (χ1v) is 6.96. The zero-order chi connectivity index (χ0) is 14.5. The van der Waals surface area contributed by atoms with E-state index in [1.807, 2.05) is 24.3 Å². The normalized spacial score (nSPS) is 12.2. The number of benzene rings is 2. The van der Waals surface area contributed by atoms with E-state index in [9.17, 15) is 5.11 Å². The highest BCUT2D eigenvalue weighted by Crippen LogP contribution is 2.19. The third-order valence-electron chi connectivity index (χ3n) is 3.69. The van der Waals surface area contributed by atoms with Crippen LogP contribution in [-0.2, 0) is 12.8 Å². The Balaban J connectivity index is 2.07. The Labute approximate surface area is 121 Å². The fourth-order valence-electron chi connectivity index (χ4n) is 2.55. The molecule has 1 unspecified atom stereocenters. The first-order chi connectivity index (χ1) is 9.60. The summed E-state index contributed by atoms with van der Waals surface area (Å²) < 4.78 is 5.21. The summed E-state index contributed by atoms with van der Waals surface area (Å²) >= 11 is 0. The van der Waals surface area contributed by atoms with E-state index in [0.717, 1.165) is 11.3 Å². The number of aryl methyl sites for hydroxylation is 2. The van der Waals surface area contributed by atoms with Crippen molar-refractivity contribution in [2.45, 2.75) is 32.8 Å². The van der Waals surface area contributed by atoms with Gasteiger partial charge in [0.1, 0.15) is 5.75 Å². The quantitative estimate of drug-likeness (QED) is 0.901. The van der Waals surface area contributed by atoms with Gasteiger partial charge in [0.25, 0.3) is 0 Å². The second kappa shape index (κ2) is 6.58. The minimum Gasteiger partial charge on any atom is -0.497 e. The summed E-state index contributed by atoms with van der Waals surface area (Å²) in [6.07, 6.45) is 0.961. The third kappa shape index (κ3) is 3.61. The molecule has 0 aliphatic rings. The molecule has 0 heterocycles. The lowest BCUT2D eigenvalue weighted by molar-refractivity contribution is 0.175. The number of rotatable bonds is 5. The number of hydrogen-bond donors (Lipinski definition) is 1. The molecule has 0 fully saturated rings. The summed E-state index contributed by atoms with van der Waals surface area (Å²) in [5.41, 5.74) is 4.84. The van der Waals surface area contributed by atoms with Crippen LogP contribution in [0.4, 0.5) is 0 Å². The highest BCUT2D eigenvalue weighted by atomic mass is 16.5. The van der Waals surface area contributed by atoms with Gasteiger partial charge >= 0.3 is 0 Å². The van der Waals surface area contributed by atoms with E-state index in [1.54, 1.807) is 7.11 Å². The highest BCUT2D eigenvalue weighted by molar-refractivity contribution is 5.34. The maximum atomic E-state index is 10.3. The summed E-state index contributed by atoms with van der Waals surface area (Å²) in [7, 11) is 1.66. The van der Waals surface area contributed by atoms with E-state index < -0.39 is 0 Å². The minimum absolute atomic E-state index is 0.373. The van der Waals surface area contributed by atoms with Crippen molar-refractivity contribution in [1.82, 2.24) is 0 Å². The van der Waals surface area contributed by atoms with E-state index in [0.29, 0.717) is 12.8 Å². The first kappa shape index (κ1) is 14.6. The van der Waals surface area contributed by atoms with Crippen LogP contribution in [0.5, 0.6) is 5.75 Å². The second-order valence-electron chi connectivity index (χ2n) is 5.28. The lowest BCUT2D eigenvalue weighted by atomic mass is 9.95. The molecule has 106 valence electrons. The van der Waals surface area contributed by atoms with Crippen LogP contribution in [0.2, 0.25) is 0 Å². The first-order valence-electron chi connectivity index (χ1n) is 6.96. The van der Waals surface area contributed by atoms with Gasteiger partial charge in [-0.15, -0.1) is 0 Å². The number of aliphatic hydroxyl groups is 1. The summed E-state index contributed by atoms with van der Waals surface area (Å²) in [4.78, 5) is 0. The molecule has 0 aliphatic heterocycles. The number of methoxy groups -OCH3 is 1. The molecule has 2 nitrogen and oxygen atoms in total. The van der Waals surface area contributed by atoms with Gasteiger partial charge in [-0.1, -0.05) is 30.3 Å². The van der Waals surface area contributed by atoms with Crippen LogP contribution in [0.3, 0.4) is 0 Å². The predicted octanol–water partition coefficient (Wildman–Crippen LogP) is 3.46. The Bertz CT molecular complexity index is 555. The fourth-order valence-corrected chi connectivity index (χ4v) is 2.55. The van der Waals surface area contributed by atoms with Crippen LogP contribution in [0.15, 0.2) is 42.5 Å². The monoisotopic (exact) mass is 270 g/mol. The van der Waals surface area contributed by atoms with Crippen LogP contribution < -0.4 is 4.74 Å². The van der Waals surface area contributed by atoms with Crippen LogP contribution in [0.1, 0.15) is 22.3 Å². The summed E-state index contributed by atoms with van der Waals surface area (Å²) in [5, 5.41) is 10.3. The average molecular weight is 270 g/mol. The molecule has 2 aromatic carbocycles. The Kier molecular flexibility index (Phi) is 4.80. The summed E-state index contributed by atoms with van der Waals surface area (Å²) in [6, 6.07) is 14.1. The van der Waals surface area contributed by atoms with Crippen LogP contribution in [-0.4, -0.2) is 18.3 Å². The summed E-state index contributed by atoms with van der Waals surface area (Å²) in [6.45, 7) is 4.20. The topological polar surface area (TPSA) is 29.5 Å². The Morgan fingerprint density at radius 1 is 1.00 bits per heavy atom. The van der Waals surface area contributed by atoms with Crippen LogP contribution in [0.25, 0.3) is 0 Å². The van der Waals surface area contributed by atoms with Gasteiger partial charge in [-0.3, -0.25) is 0 Å². The molecule has 2 heteroatoms. The van der Waals surface area contributed by atoms with Crippen molar-refractivity contribution in [3.05, 3.63) is 64.7 Å². The summed E-state index contributed by atoms with van der Waals surface area (Å²) in [5.74, 6) is 0.835. The standard InChI is InChI=1S/C18H22O2/c1-13-6-4-7-14(2)18(13)12-16(19)10-15-8-5-9-17(11-15)20-3/h4-9,11,16,19H,10,12H2,1-3H3. The van der Waals surface area contributed by atoms with Gasteiger partial charge in [-0.05, 0) is 61.1 Å². The molecular weight excluding hydrogens is 248 g/mol. The van der Waals surface area contributed by atoms with Crippen LogP contribution >= 0.6 is 0 Å². The van der Waals surface area contributed by atoms with Crippen LogP contribution in [0, 0.1) is 13.8 Å². The zero-order valence-electron chi connectivity index (χ0n) is 12.4. The molecule has 0 saturated heterocycles. The van der Waals surface area contributed by atoms with E-state index in [4.69, 9.17) is 4.74 Å². The molecule has 0 amide bonds. The largest absolute Gasteiger partial charge is 0.497 e. The van der Waals surface area contributed by atoms with Crippen molar-refractivity contribution in [3.8, 4) is 5.75 Å². The third-order valence-corrected chi connectivity index (χ3v) is 3.69. The highest BCUT2D eigenvalue weighted by Gasteiger charge is 2.11. The van der Waals surface area contributed by atoms with E-state index in [1.165, 1.54) is 16.7 Å². The number of aliphatic hydroxyl groups excluding tert-OH is 1. The minimum atomic E-state index is -0.373. The van der Waals surface area contributed by atoms with Gasteiger partial charge in [0.05, 0.1) is 13.2 Å². The van der Waals surface area contributed by atoms with Gasteiger partial charge < -0.3 is 9.84 Å². The second-order valence-corrected chi connectivity index (χ2v) is 5.28. The molecule has 0 radical (unpaired) electrons. The van der Waals surface area contributed by atoms with Gasteiger partial charge in [0, 0.05) is 0 Å². The molecule has 20 heavy (non-hydrogen) atoms. The number of ether oxygens (including phenoxy) is 1. The zero-order valence-corrected chi connectivity index (χ0v) is 12.4. The molecule has 0 aromatic heterocycles. The molecular formula is C18H22O2. The van der Waals surface area contributed by atoms with Crippen molar-refractivity contribution in [2.75, 3.05) is 7.11 Å². The SMILES string of the molecule is COc1cccc(CC(O)Cc2c(C)cccc2C)c1. The van der Waals surface area contributed by atoms with Crippen molar-refractivity contribution >= 4 is 0 Å². The molecule has 0 saturated carbocycles. The average Bonchev–Trinajstić information content (AvgIpc) is 2.43. The molecule has 1 N–H and O–H groups in total. The smallest absolute Gasteiger partial charge is 0.119 e. The molecule has 1 atom stereocenters. The number of hydrogen-bond acceptors (Lipinski definition) is 2. The predicted molar refractivity (Wildman–Crippen MR) is 82.3 cm³/mol. The van der Waals surface area contributed by atoms with Gasteiger partial charge in [-0.2, -0.15) is 0 Å². The molecule has 0 spiro atoms. The lowest BCUT2D eigenvalue weighted by Crippen LogP contribution is -2.15. The maximum absolute atomic E-state index is 10.3. The van der Waals surface area contributed by atoms with Crippen molar-refractivity contribution in [1.29, 1.82) is 0 Å². The molecule has 2 rings (SSSR count). The fraction of sp³-hybridized carbons (Fsp3) is 0.333. The molecule has 0 aliphatic carbocycles. The van der Waals surface area contributed by atoms with Crippen molar-refractivity contribution < 1.29 is 9.84 Å². The maximum Gasteiger partial charge on any atom is 0.119 e. The molecule has 0 bridgehead atoms. The Morgan fingerprint density at radius 2 is 1.65 bits per heavy atom. The lowest BCUT2D eigenvalue weighted by Gasteiger charge is -2.15. The van der Waals surface area contributed by atoms with Gasteiger partial charge in [-0.25, -0.2) is 0 Å². The molecule has 2 aromatic rings. The van der Waals surface area contributed by atoms with Crippen molar-refractivity contribution in [3.63, 3.8) is 0 Å². The van der Waals surface area contributed by atoms with E-state index >= 15 is 0 Å². The van der Waals surface area contributed by atoms with E-state index in [2.05, 4.69) is 32.0 Å². The Morgan fingerprint density at radius 3 is 2.30 bits per heavy atom. The van der Waals surface area contributed by atoms with E-state index in [-0.39, 0.29) is 6.10 Å². The van der Waals surface area contributed by atoms with Gasteiger partial charge in [0.2, 0.25) is 0 Å². The Hall–Kier alpha value is -1.80. The van der Waals surface area contributed by atoms with Crippen molar-refractivity contribution in [2.24, 2.45) is 0 Å². The van der Waals surface area contributed by atoms with Gasteiger partial charge in [0.15, 0.2) is 0 Å².